The Bertz CT molecular complexity index is 1100. The summed E-state index contributed by atoms with van der Waals surface area (Å²) in [6, 6.07) is 16.6. The Morgan fingerprint density at radius 2 is 1.90 bits per heavy atom. The number of halogens is 4. The molecule has 0 saturated carbocycles. The molecule has 0 aliphatic rings. The Morgan fingerprint density at radius 1 is 1.16 bits per heavy atom. The molecule has 0 fully saturated rings. The lowest BCUT2D eigenvalue weighted by atomic mass is 10.2. The zero-order chi connectivity index (χ0) is 22.4. The van der Waals surface area contributed by atoms with Crippen molar-refractivity contribution in [2.24, 2.45) is 5.10 Å². The van der Waals surface area contributed by atoms with Crippen LogP contribution in [0.2, 0.25) is 5.02 Å². The minimum absolute atomic E-state index is 0.342. The number of ether oxygens (including phenoxy) is 2. The molecule has 0 aromatic heterocycles. The molecule has 3 aromatic rings. The summed E-state index contributed by atoms with van der Waals surface area (Å²) < 4.78 is 13.7. The second kappa shape index (κ2) is 11.3. The zero-order valence-corrected chi connectivity index (χ0v) is 22.2. The average molecular weight is 679 g/mol. The number of nitrogens with zero attached hydrogens (tertiary/aromatic N) is 1. The van der Waals surface area contributed by atoms with Gasteiger partial charge in [-0.1, -0.05) is 39.7 Å². The van der Waals surface area contributed by atoms with Crippen LogP contribution in [-0.4, -0.2) is 19.2 Å². The van der Waals surface area contributed by atoms with Gasteiger partial charge in [0.15, 0.2) is 5.75 Å². The highest BCUT2D eigenvalue weighted by Crippen LogP contribution is 2.34. The third-order valence-corrected chi connectivity index (χ3v) is 6.40. The molecule has 3 aromatic carbocycles. The highest BCUT2D eigenvalue weighted by atomic mass is 127. The molecule has 1 N–H and O–H groups in total. The van der Waals surface area contributed by atoms with E-state index in [9.17, 15) is 4.79 Å². The first-order valence-electron chi connectivity index (χ1n) is 8.90. The first-order chi connectivity index (χ1) is 14.9. The number of hydrogen-bond donors (Lipinski definition) is 1. The van der Waals surface area contributed by atoms with Crippen LogP contribution in [0.3, 0.4) is 0 Å². The molecule has 0 bridgehead atoms. The third kappa shape index (κ3) is 6.68. The lowest BCUT2D eigenvalue weighted by Gasteiger charge is -2.11. The van der Waals surface area contributed by atoms with Crippen LogP contribution < -0.4 is 14.9 Å². The van der Waals surface area contributed by atoms with Gasteiger partial charge in [0.05, 0.1) is 26.4 Å². The van der Waals surface area contributed by atoms with Crippen molar-refractivity contribution in [1.82, 2.24) is 5.43 Å². The standard InChI is InChI=1S/C22H16Br2ClIN2O3/c1-30-20-10-15(4-7-19(20)26)22(29)28-27-11-14-8-17(24)21(18(25)9-14)31-12-13-2-5-16(23)6-3-13/h2-11H,12H2,1H3,(H,28,29)/b27-11-. The molecular weight excluding hydrogens is 662 g/mol. The number of amides is 1. The summed E-state index contributed by atoms with van der Waals surface area (Å²) in [5.74, 6) is 0.828. The van der Waals surface area contributed by atoms with Gasteiger partial charge in [0.2, 0.25) is 0 Å². The maximum atomic E-state index is 12.3. The molecule has 3 rings (SSSR count). The lowest BCUT2D eigenvalue weighted by Crippen LogP contribution is -2.17. The summed E-state index contributed by atoms with van der Waals surface area (Å²) in [6.45, 7) is 0.384. The highest BCUT2D eigenvalue weighted by molar-refractivity contribution is 14.1. The molecule has 0 aliphatic heterocycles. The lowest BCUT2D eigenvalue weighted by molar-refractivity contribution is 0.0954. The Kier molecular flexibility index (Phi) is 8.76. The van der Waals surface area contributed by atoms with Gasteiger partial charge in [0.25, 0.3) is 5.91 Å². The summed E-state index contributed by atoms with van der Waals surface area (Å²) >= 11 is 15.4. The fraction of sp³-hybridized carbons (Fsp3) is 0.0909. The van der Waals surface area contributed by atoms with Crippen molar-refractivity contribution >= 4 is 78.2 Å². The van der Waals surface area contributed by atoms with Crippen LogP contribution in [0, 0.1) is 3.57 Å². The van der Waals surface area contributed by atoms with Gasteiger partial charge < -0.3 is 9.47 Å². The maximum Gasteiger partial charge on any atom is 0.271 e. The number of hydrazone groups is 1. The molecule has 9 heteroatoms. The SMILES string of the molecule is COc1cc(C(=O)N/N=C\c2cc(Cl)c(OCc3ccc(Br)cc3)c(Br)c2)ccc1I. The van der Waals surface area contributed by atoms with Crippen molar-refractivity contribution in [3.05, 3.63) is 88.8 Å². The van der Waals surface area contributed by atoms with Crippen molar-refractivity contribution in [2.45, 2.75) is 6.61 Å². The third-order valence-electron chi connectivity index (χ3n) is 4.11. The Labute approximate surface area is 215 Å². The van der Waals surface area contributed by atoms with Gasteiger partial charge in [-0.25, -0.2) is 5.43 Å². The van der Waals surface area contributed by atoms with Gasteiger partial charge in [0.1, 0.15) is 12.4 Å². The largest absolute Gasteiger partial charge is 0.496 e. The Balaban J connectivity index is 1.64. The van der Waals surface area contributed by atoms with Crippen LogP contribution in [0.5, 0.6) is 11.5 Å². The first-order valence-corrected chi connectivity index (χ1v) is 11.9. The molecule has 0 heterocycles. The maximum absolute atomic E-state index is 12.3. The van der Waals surface area contributed by atoms with Gasteiger partial charge in [-0.3, -0.25) is 4.79 Å². The summed E-state index contributed by atoms with van der Waals surface area (Å²) in [5.41, 5.74) is 4.67. The van der Waals surface area contributed by atoms with Crippen LogP contribution in [0.15, 0.2) is 68.6 Å². The van der Waals surface area contributed by atoms with E-state index < -0.39 is 0 Å². The number of methoxy groups -OCH3 is 1. The molecule has 31 heavy (non-hydrogen) atoms. The highest BCUT2D eigenvalue weighted by Gasteiger charge is 2.11. The fourth-order valence-corrected chi connectivity index (χ4v) is 4.37. The first kappa shape index (κ1) is 24.0. The fourth-order valence-electron chi connectivity index (χ4n) is 2.56. The predicted octanol–water partition coefficient (Wildman–Crippen LogP) is 6.82. The predicted molar refractivity (Wildman–Crippen MR) is 138 cm³/mol. The van der Waals surface area contributed by atoms with Crippen molar-refractivity contribution in [3.63, 3.8) is 0 Å². The quantitative estimate of drug-likeness (QED) is 0.170. The molecule has 0 spiro atoms. The summed E-state index contributed by atoms with van der Waals surface area (Å²) in [4.78, 5) is 12.3. The van der Waals surface area contributed by atoms with E-state index in [0.29, 0.717) is 38.7 Å². The Morgan fingerprint density at radius 3 is 2.58 bits per heavy atom. The number of carbonyl (C=O) groups is 1. The number of carbonyl (C=O) groups excluding carboxylic acids is 1. The van der Waals surface area contributed by atoms with Crippen LogP contribution >= 0.6 is 66.1 Å². The van der Waals surface area contributed by atoms with E-state index in [-0.39, 0.29) is 5.91 Å². The van der Waals surface area contributed by atoms with E-state index in [4.69, 9.17) is 21.1 Å². The van der Waals surface area contributed by atoms with Gasteiger partial charge >= 0.3 is 0 Å². The minimum atomic E-state index is -0.342. The van der Waals surface area contributed by atoms with E-state index >= 15 is 0 Å². The van der Waals surface area contributed by atoms with Crippen LogP contribution in [0.4, 0.5) is 0 Å². The van der Waals surface area contributed by atoms with Gasteiger partial charge in [-0.15, -0.1) is 0 Å². The molecule has 160 valence electrons. The van der Waals surface area contributed by atoms with E-state index in [1.165, 1.54) is 6.21 Å². The zero-order valence-electron chi connectivity index (χ0n) is 16.2. The van der Waals surface area contributed by atoms with Crippen molar-refractivity contribution < 1.29 is 14.3 Å². The van der Waals surface area contributed by atoms with Crippen LogP contribution in [0.25, 0.3) is 0 Å². The molecule has 0 radical (unpaired) electrons. The molecule has 5 nitrogen and oxygen atoms in total. The molecule has 0 saturated heterocycles. The number of benzene rings is 3. The van der Waals surface area contributed by atoms with Gasteiger partial charge in [0, 0.05) is 10.0 Å². The Hall–Kier alpha value is -1.62. The summed E-state index contributed by atoms with van der Waals surface area (Å²) in [6.07, 6.45) is 1.51. The summed E-state index contributed by atoms with van der Waals surface area (Å²) in [7, 11) is 1.56. The van der Waals surface area contributed by atoms with Crippen molar-refractivity contribution in [1.29, 1.82) is 0 Å². The van der Waals surface area contributed by atoms with Gasteiger partial charge in [-0.05, 0) is 92.1 Å². The normalized spacial score (nSPS) is 10.9. The number of nitrogens with one attached hydrogen (secondary N) is 1. The number of rotatable bonds is 7. The monoisotopic (exact) mass is 676 g/mol. The molecule has 0 aliphatic carbocycles. The van der Waals surface area contributed by atoms with Crippen LogP contribution in [0.1, 0.15) is 21.5 Å². The van der Waals surface area contributed by atoms with E-state index in [1.807, 2.05) is 36.4 Å². The van der Waals surface area contributed by atoms with Crippen molar-refractivity contribution in [2.75, 3.05) is 7.11 Å². The number of hydrogen-bond acceptors (Lipinski definition) is 4. The van der Waals surface area contributed by atoms with Crippen molar-refractivity contribution in [3.8, 4) is 11.5 Å². The average Bonchev–Trinajstić information content (AvgIpc) is 2.74. The van der Waals surface area contributed by atoms with Crippen LogP contribution in [-0.2, 0) is 6.61 Å². The molecule has 1 amide bonds. The minimum Gasteiger partial charge on any atom is -0.496 e. The molecule has 0 atom stereocenters. The van der Waals surface area contributed by atoms with E-state index in [0.717, 1.165) is 13.6 Å². The second-order valence-corrected chi connectivity index (χ2v) is 9.62. The van der Waals surface area contributed by atoms with E-state index in [1.54, 1.807) is 25.3 Å². The topological polar surface area (TPSA) is 59.9 Å². The van der Waals surface area contributed by atoms with E-state index in [2.05, 4.69) is 65.0 Å². The summed E-state index contributed by atoms with van der Waals surface area (Å²) in [5, 5.41) is 4.45. The molecule has 0 unspecified atom stereocenters. The molecular formula is C22H16Br2ClIN2O3. The second-order valence-electron chi connectivity index (χ2n) is 6.28. The van der Waals surface area contributed by atoms with Gasteiger partial charge in [-0.2, -0.15) is 5.10 Å². The smallest absolute Gasteiger partial charge is 0.271 e.